The van der Waals surface area contributed by atoms with Crippen LogP contribution in [0.1, 0.15) is 23.6 Å². The maximum Gasteiger partial charge on any atom is 0.243 e. The third kappa shape index (κ3) is 7.19. The smallest absolute Gasteiger partial charge is 0.243 e. The van der Waals surface area contributed by atoms with Gasteiger partial charge in [0.05, 0.1) is 13.5 Å². The van der Waals surface area contributed by atoms with Crippen LogP contribution >= 0.6 is 15.9 Å². The van der Waals surface area contributed by atoms with E-state index < -0.39 is 6.04 Å². The highest BCUT2D eigenvalue weighted by molar-refractivity contribution is 9.10. The van der Waals surface area contributed by atoms with Gasteiger partial charge in [-0.1, -0.05) is 70.5 Å². The van der Waals surface area contributed by atoms with Gasteiger partial charge in [-0.15, -0.1) is 0 Å². The van der Waals surface area contributed by atoms with Crippen LogP contribution in [0.4, 0.5) is 0 Å². The second-order valence-electron chi connectivity index (χ2n) is 7.77. The highest BCUT2D eigenvalue weighted by atomic mass is 79.9. The predicted molar refractivity (Wildman–Crippen MR) is 134 cm³/mol. The molecule has 2 amide bonds. The number of methoxy groups -OCH3 is 1. The molecule has 0 heterocycles. The molecule has 1 N–H and O–H groups in total. The molecule has 0 bridgehead atoms. The zero-order chi connectivity index (χ0) is 23.6. The highest BCUT2D eigenvalue weighted by Gasteiger charge is 2.30. The summed E-state index contributed by atoms with van der Waals surface area (Å²) in [5.74, 6) is 0.485. The topological polar surface area (TPSA) is 58.6 Å². The number of nitrogens with one attached hydrogen (secondary N) is 1. The Balaban J connectivity index is 1.92. The lowest BCUT2D eigenvalue weighted by atomic mass is 10.0. The number of halogens is 1. The predicted octanol–water partition coefficient (Wildman–Crippen LogP) is 4.78. The minimum absolute atomic E-state index is 0.102. The zero-order valence-electron chi connectivity index (χ0n) is 19.0. The molecule has 0 radical (unpaired) electrons. The quantitative estimate of drug-likeness (QED) is 0.428. The van der Waals surface area contributed by atoms with Gasteiger partial charge in [0.25, 0.3) is 0 Å². The molecular formula is C27H29BrN2O3. The summed E-state index contributed by atoms with van der Waals surface area (Å²) in [6.45, 7) is 2.73. The average molecular weight is 509 g/mol. The molecule has 0 aliphatic rings. The van der Waals surface area contributed by atoms with Crippen molar-refractivity contribution in [2.24, 2.45) is 0 Å². The van der Waals surface area contributed by atoms with E-state index in [1.807, 2.05) is 85.8 Å². The van der Waals surface area contributed by atoms with Crippen LogP contribution in [0.25, 0.3) is 0 Å². The Bertz CT molecular complexity index is 1040. The van der Waals surface area contributed by atoms with E-state index in [4.69, 9.17) is 4.74 Å². The molecule has 3 rings (SSSR count). The van der Waals surface area contributed by atoms with Gasteiger partial charge in [0.15, 0.2) is 0 Å². The maximum atomic E-state index is 13.6. The number of carbonyl (C=O) groups excluding carboxylic acids is 2. The molecule has 0 fully saturated rings. The Morgan fingerprint density at radius 2 is 1.55 bits per heavy atom. The number of likely N-dealkylation sites (N-methyl/N-ethyl adjacent to an activating group) is 1. The lowest BCUT2D eigenvalue weighted by Crippen LogP contribution is -2.50. The highest BCUT2D eigenvalue weighted by Crippen LogP contribution is 2.19. The fourth-order valence-electron chi connectivity index (χ4n) is 3.65. The Morgan fingerprint density at radius 3 is 2.15 bits per heavy atom. The number of rotatable bonds is 10. The van der Waals surface area contributed by atoms with Gasteiger partial charge in [-0.3, -0.25) is 9.59 Å². The number of ether oxygens (including phenoxy) is 1. The standard InChI is InChI=1S/C27H29BrN2O3/c1-3-29-27(32)25(17-20-7-5-4-6-8-20)30(19-22-9-13-23(28)14-10-22)26(31)18-21-11-15-24(33-2)16-12-21/h4-16,25H,3,17-19H2,1-2H3,(H,29,32)/t25-/m1/s1. The molecule has 1 atom stereocenters. The number of hydrogen-bond donors (Lipinski definition) is 1. The first-order chi connectivity index (χ1) is 16.0. The van der Waals surface area contributed by atoms with E-state index in [1.165, 1.54) is 0 Å². The second-order valence-corrected chi connectivity index (χ2v) is 8.69. The van der Waals surface area contributed by atoms with Gasteiger partial charge in [-0.05, 0) is 47.9 Å². The molecule has 0 spiro atoms. The molecule has 0 aromatic heterocycles. The first kappa shape index (κ1) is 24.5. The molecule has 0 aliphatic carbocycles. The number of benzene rings is 3. The number of amides is 2. The monoisotopic (exact) mass is 508 g/mol. The molecule has 0 aliphatic heterocycles. The Morgan fingerprint density at radius 1 is 0.909 bits per heavy atom. The van der Waals surface area contributed by atoms with Crippen molar-refractivity contribution in [3.05, 3.63) is 100 Å². The van der Waals surface area contributed by atoms with Gasteiger partial charge in [-0.2, -0.15) is 0 Å². The SMILES string of the molecule is CCNC(=O)[C@@H](Cc1ccccc1)N(Cc1ccc(Br)cc1)C(=O)Cc1ccc(OC)cc1. The lowest BCUT2D eigenvalue weighted by molar-refractivity contribution is -0.140. The van der Waals surface area contributed by atoms with Crippen molar-refractivity contribution in [3.63, 3.8) is 0 Å². The van der Waals surface area contributed by atoms with Gasteiger partial charge in [0, 0.05) is 24.0 Å². The van der Waals surface area contributed by atoms with Crippen molar-refractivity contribution in [1.29, 1.82) is 0 Å². The van der Waals surface area contributed by atoms with Gasteiger partial charge >= 0.3 is 0 Å². The van der Waals surface area contributed by atoms with E-state index in [0.717, 1.165) is 26.9 Å². The van der Waals surface area contributed by atoms with Crippen LogP contribution < -0.4 is 10.1 Å². The minimum atomic E-state index is -0.623. The molecule has 172 valence electrons. The van der Waals surface area contributed by atoms with Crippen molar-refractivity contribution in [2.75, 3.05) is 13.7 Å². The van der Waals surface area contributed by atoms with E-state index in [0.29, 0.717) is 19.5 Å². The van der Waals surface area contributed by atoms with Gasteiger partial charge < -0.3 is 15.0 Å². The molecule has 3 aromatic carbocycles. The molecule has 0 saturated heterocycles. The van der Waals surface area contributed by atoms with Gasteiger partial charge in [0.1, 0.15) is 11.8 Å². The number of hydrogen-bond acceptors (Lipinski definition) is 3. The van der Waals surface area contributed by atoms with E-state index in [1.54, 1.807) is 12.0 Å². The van der Waals surface area contributed by atoms with Crippen molar-refractivity contribution < 1.29 is 14.3 Å². The van der Waals surface area contributed by atoms with Gasteiger partial charge in [0.2, 0.25) is 11.8 Å². The zero-order valence-corrected chi connectivity index (χ0v) is 20.5. The van der Waals surface area contributed by atoms with Crippen molar-refractivity contribution in [3.8, 4) is 5.75 Å². The summed E-state index contributed by atoms with van der Waals surface area (Å²) in [6.07, 6.45) is 0.642. The van der Waals surface area contributed by atoms with Crippen LogP contribution in [0.15, 0.2) is 83.3 Å². The van der Waals surface area contributed by atoms with Crippen LogP contribution in [0.2, 0.25) is 0 Å². The maximum absolute atomic E-state index is 13.6. The first-order valence-electron chi connectivity index (χ1n) is 11.0. The third-order valence-corrected chi connectivity index (χ3v) is 5.93. The molecule has 0 unspecified atom stereocenters. The molecular weight excluding hydrogens is 480 g/mol. The van der Waals surface area contributed by atoms with Crippen LogP contribution in [-0.4, -0.2) is 36.4 Å². The summed E-state index contributed by atoms with van der Waals surface area (Å²) in [6, 6.07) is 24.4. The van der Waals surface area contributed by atoms with Gasteiger partial charge in [-0.25, -0.2) is 0 Å². The summed E-state index contributed by atoms with van der Waals surface area (Å²) in [5, 5.41) is 2.92. The van der Waals surface area contributed by atoms with E-state index >= 15 is 0 Å². The normalized spacial score (nSPS) is 11.5. The fourth-order valence-corrected chi connectivity index (χ4v) is 3.92. The van der Waals surface area contributed by atoms with Crippen molar-refractivity contribution >= 4 is 27.7 Å². The summed E-state index contributed by atoms with van der Waals surface area (Å²) in [7, 11) is 1.61. The second kappa shape index (κ2) is 12.2. The van der Waals surface area contributed by atoms with Crippen molar-refractivity contribution in [1.82, 2.24) is 10.2 Å². The molecule has 5 nitrogen and oxygen atoms in total. The lowest BCUT2D eigenvalue weighted by Gasteiger charge is -2.31. The van der Waals surface area contributed by atoms with Crippen LogP contribution in [0, 0.1) is 0 Å². The van der Waals surface area contributed by atoms with Crippen LogP contribution in [-0.2, 0) is 29.0 Å². The van der Waals surface area contributed by atoms with E-state index in [9.17, 15) is 9.59 Å². The fraction of sp³-hybridized carbons (Fsp3) is 0.259. The summed E-state index contributed by atoms with van der Waals surface area (Å²) in [5.41, 5.74) is 2.84. The van der Waals surface area contributed by atoms with Crippen LogP contribution in [0.3, 0.4) is 0 Å². The first-order valence-corrected chi connectivity index (χ1v) is 11.8. The number of nitrogens with zero attached hydrogens (tertiary/aromatic N) is 1. The summed E-state index contributed by atoms with van der Waals surface area (Å²) in [4.78, 5) is 28.4. The van der Waals surface area contributed by atoms with E-state index in [2.05, 4.69) is 21.2 Å². The molecule has 3 aromatic rings. The van der Waals surface area contributed by atoms with Crippen LogP contribution in [0.5, 0.6) is 5.75 Å². The summed E-state index contributed by atoms with van der Waals surface area (Å²) >= 11 is 3.46. The van der Waals surface area contributed by atoms with Crippen molar-refractivity contribution in [2.45, 2.75) is 32.4 Å². The largest absolute Gasteiger partial charge is 0.497 e. The Kier molecular flexibility index (Phi) is 9.07. The Hall–Kier alpha value is -3.12. The third-order valence-electron chi connectivity index (χ3n) is 5.40. The molecule has 6 heteroatoms. The Labute approximate surface area is 203 Å². The molecule has 33 heavy (non-hydrogen) atoms. The number of carbonyl (C=O) groups is 2. The minimum Gasteiger partial charge on any atom is -0.497 e. The van der Waals surface area contributed by atoms with E-state index in [-0.39, 0.29) is 18.2 Å². The molecule has 0 saturated carbocycles. The summed E-state index contributed by atoms with van der Waals surface area (Å²) < 4.78 is 6.19. The average Bonchev–Trinajstić information content (AvgIpc) is 2.83.